The number of methoxy groups -OCH3 is 1. The molecule has 1 aromatic carbocycles. The van der Waals surface area contributed by atoms with Crippen molar-refractivity contribution in [2.24, 2.45) is 0 Å². The van der Waals surface area contributed by atoms with Crippen LogP contribution < -0.4 is 15.4 Å². The molecule has 0 spiro atoms. The first-order valence-electron chi connectivity index (χ1n) is 6.68. The summed E-state index contributed by atoms with van der Waals surface area (Å²) in [6, 6.07) is 5.46. The Morgan fingerprint density at radius 2 is 2.37 bits per heavy atom. The lowest BCUT2D eigenvalue weighted by atomic mass is 10.1. The molecule has 106 valence electrons. The molecule has 1 saturated heterocycles. The standard InChI is InChI=1S/C14H22FN3O/c1-18-8-7-17-12(10-18)5-6-16-11-3-4-14(19-2)13(15)9-11/h3-4,9,12,16-17H,5-8,10H2,1-2H3. The Balaban J connectivity index is 1.77. The molecule has 1 unspecified atom stereocenters. The number of ether oxygens (including phenoxy) is 1. The van der Waals surface area contributed by atoms with Crippen molar-refractivity contribution in [3.63, 3.8) is 0 Å². The molecule has 0 aliphatic carbocycles. The van der Waals surface area contributed by atoms with Gasteiger partial charge in [-0.05, 0) is 25.6 Å². The third-order valence-corrected chi connectivity index (χ3v) is 3.43. The number of likely N-dealkylation sites (N-methyl/N-ethyl adjacent to an activating group) is 1. The number of hydrogen-bond acceptors (Lipinski definition) is 4. The highest BCUT2D eigenvalue weighted by molar-refractivity contribution is 5.47. The molecular formula is C14H22FN3O. The Morgan fingerprint density at radius 3 is 3.05 bits per heavy atom. The van der Waals surface area contributed by atoms with Crippen molar-refractivity contribution in [2.45, 2.75) is 12.5 Å². The molecule has 5 heteroatoms. The topological polar surface area (TPSA) is 36.5 Å². The number of hydrogen-bond donors (Lipinski definition) is 2. The van der Waals surface area contributed by atoms with Crippen LogP contribution in [0.5, 0.6) is 5.75 Å². The Bertz CT molecular complexity index is 414. The zero-order valence-corrected chi connectivity index (χ0v) is 11.6. The summed E-state index contributed by atoms with van der Waals surface area (Å²) in [4.78, 5) is 2.33. The molecule has 1 heterocycles. The summed E-state index contributed by atoms with van der Waals surface area (Å²) in [5.41, 5.74) is 0.794. The summed E-state index contributed by atoms with van der Waals surface area (Å²) in [5, 5.41) is 6.73. The number of nitrogens with zero attached hydrogens (tertiary/aromatic N) is 1. The second-order valence-corrected chi connectivity index (χ2v) is 4.98. The van der Waals surface area contributed by atoms with Crippen LogP contribution in [0.25, 0.3) is 0 Å². The Hall–Kier alpha value is -1.33. The lowest BCUT2D eigenvalue weighted by Gasteiger charge is -2.31. The summed E-state index contributed by atoms with van der Waals surface area (Å²) in [6.07, 6.45) is 1.03. The fourth-order valence-electron chi connectivity index (χ4n) is 2.35. The van der Waals surface area contributed by atoms with E-state index in [1.54, 1.807) is 6.07 Å². The van der Waals surface area contributed by atoms with Crippen LogP contribution in [0.15, 0.2) is 18.2 Å². The SMILES string of the molecule is COc1ccc(NCCC2CN(C)CCN2)cc1F. The van der Waals surface area contributed by atoms with Gasteiger partial charge in [-0.15, -0.1) is 0 Å². The minimum atomic E-state index is -0.331. The van der Waals surface area contributed by atoms with Gasteiger partial charge in [0.05, 0.1) is 7.11 Å². The fraction of sp³-hybridized carbons (Fsp3) is 0.571. The smallest absolute Gasteiger partial charge is 0.167 e. The van der Waals surface area contributed by atoms with Crippen molar-refractivity contribution in [2.75, 3.05) is 45.7 Å². The van der Waals surface area contributed by atoms with E-state index in [2.05, 4.69) is 22.6 Å². The highest BCUT2D eigenvalue weighted by Gasteiger charge is 2.15. The fourth-order valence-corrected chi connectivity index (χ4v) is 2.35. The Morgan fingerprint density at radius 1 is 1.53 bits per heavy atom. The van der Waals surface area contributed by atoms with Gasteiger partial charge < -0.3 is 20.3 Å². The first-order valence-corrected chi connectivity index (χ1v) is 6.68. The average Bonchev–Trinajstić information content (AvgIpc) is 2.39. The monoisotopic (exact) mass is 267 g/mol. The number of nitrogens with one attached hydrogen (secondary N) is 2. The van der Waals surface area contributed by atoms with Crippen molar-refractivity contribution in [1.82, 2.24) is 10.2 Å². The third kappa shape index (κ3) is 4.08. The highest BCUT2D eigenvalue weighted by Crippen LogP contribution is 2.20. The second kappa shape index (κ2) is 6.73. The first-order chi connectivity index (χ1) is 9.19. The van der Waals surface area contributed by atoms with Crippen molar-refractivity contribution >= 4 is 5.69 Å². The predicted octanol–water partition coefficient (Wildman–Crippen LogP) is 1.54. The maximum Gasteiger partial charge on any atom is 0.167 e. The van der Waals surface area contributed by atoms with Crippen molar-refractivity contribution in [3.05, 3.63) is 24.0 Å². The number of anilines is 1. The maximum atomic E-state index is 13.5. The molecule has 1 aromatic rings. The molecule has 0 aromatic heterocycles. The number of halogens is 1. The summed E-state index contributed by atoms with van der Waals surface area (Å²) in [5.74, 6) is -0.0517. The van der Waals surface area contributed by atoms with Gasteiger partial charge in [-0.3, -0.25) is 0 Å². The highest BCUT2D eigenvalue weighted by atomic mass is 19.1. The number of benzene rings is 1. The van der Waals surface area contributed by atoms with Crippen LogP contribution in [0.1, 0.15) is 6.42 Å². The van der Waals surface area contributed by atoms with Crippen LogP contribution in [0.3, 0.4) is 0 Å². The van der Waals surface area contributed by atoms with E-state index in [0.29, 0.717) is 6.04 Å². The molecule has 0 radical (unpaired) electrons. The minimum absolute atomic E-state index is 0.279. The molecule has 0 amide bonds. The van der Waals surface area contributed by atoms with Gasteiger partial charge in [-0.25, -0.2) is 4.39 Å². The van der Waals surface area contributed by atoms with Gasteiger partial charge in [0.15, 0.2) is 11.6 Å². The van der Waals surface area contributed by atoms with Crippen LogP contribution in [0, 0.1) is 5.82 Å². The molecule has 0 saturated carbocycles. The predicted molar refractivity (Wildman–Crippen MR) is 75.3 cm³/mol. The summed E-state index contributed by atoms with van der Waals surface area (Å²) in [7, 11) is 3.61. The zero-order valence-electron chi connectivity index (χ0n) is 11.6. The van der Waals surface area contributed by atoms with E-state index in [9.17, 15) is 4.39 Å². The maximum absolute atomic E-state index is 13.5. The lowest BCUT2D eigenvalue weighted by Crippen LogP contribution is -2.49. The summed E-state index contributed by atoms with van der Waals surface area (Å²) >= 11 is 0. The van der Waals surface area contributed by atoms with Gasteiger partial charge in [0, 0.05) is 44.0 Å². The third-order valence-electron chi connectivity index (χ3n) is 3.43. The van der Waals surface area contributed by atoms with Crippen molar-refractivity contribution in [1.29, 1.82) is 0 Å². The molecule has 4 nitrogen and oxygen atoms in total. The van der Waals surface area contributed by atoms with E-state index in [4.69, 9.17) is 4.74 Å². The minimum Gasteiger partial charge on any atom is -0.494 e. The van der Waals surface area contributed by atoms with Gasteiger partial charge in [0.2, 0.25) is 0 Å². The van der Waals surface area contributed by atoms with Crippen LogP contribution in [-0.4, -0.2) is 51.3 Å². The van der Waals surface area contributed by atoms with Gasteiger partial charge in [-0.2, -0.15) is 0 Å². The molecular weight excluding hydrogens is 245 g/mol. The average molecular weight is 267 g/mol. The molecule has 1 aliphatic heterocycles. The summed E-state index contributed by atoms with van der Waals surface area (Å²) in [6.45, 7) is 4.04. The van der Waals surface area contributed by atoms with Crippen LogP contribution in [0.2, 0.25) is 0 Å². The first kappa shape index (κ1) is 14.1. The molecule has 2 N–H and O–H groups in total. The second-order valence-electron chi connectivity index (χ2n) is 4.98. The Labute approximate surface area is 113 Å². The zero-order chi connectivity index (χ0) is 13.7. The molecule has 1 fully saturated rings. The number of piperazine rings is 1. The quantitative estimate of drug-likeness (QED) is 0.848. The lowest BCUT2D eigenvalue weighted by molar-refractivity contribution is 0.234. The molecule has 1 aliphatic rings. The van der Waals surface area contributed by atoms with Gasteiger partial charge in [0.25, 0.3) is 0 Å². The summed E-state index contributed by atoms with van der Waals surface area (Å²) < 4.78 is 18.4. The van der Waals surface area contributed by atoms with Crippen LogP contribution in [-0.2, 0) is 0 Å². The molecule has 2 rings (SSSR count). The van der Waals surface area contributed by atoms with Gasteiger partial charge in [0.1, 0.15) is 0 Å². The molecule has 0 bridgehead atoms. The largest absolute Gasteiger partial charge is 0.494 e. The van der Waals surface area contributed by atoms with E-state index < -0.39 is 0 Å². The number of rotatable bonds is 5. The van der Waals surface area contributed by atoms with E-state index in [1.165, 1.54) is 13.2 Å². The van der Waals surface area contributed by atoms with Crippen LogP contribution >= 0.6 is 0 Å². The van der Waals surface area contributed by atoms with Crippen molar-refractivity contribution in [3.8, 4) is 5.75 Å². The van der Waals surface area contributed by atoms with Gasteiger partial charge >= 0.3 is 0 Å². The normalized spacial score (nSPS) is 20.3. The van der Waals surface area contributed by atoms with E-state index in [0.717, 1.165) is 38.3 Å². The van der Waals surface area contributed by atoms with Gasteiger partial charge in [-0.1, -0.05) is 0 Å². The van der Waals surface area contributed by atoms with E-state index >= 15 is 0 Å². The Kier molecular flexibility index (Phi) is 4.99. The molecule has 1 atom stereocenters. The van der Waals surface area contributed by atoms with Crippen LogP contribution in [0.4, 0.5) is 10.1 Å². The van der Waals surface area contributed by atoms with E-state index in [1.807, 2.05) is 6.07 Å². The molecule has 19 heavy (non-hydrogen) atoms. The van der Waals surface area contributed by atoms with Crippen molar-refractivity contribution < 1.29 is 9.13 Å². The van der Waals surface area contributed by atoms with E-state index in [-0.39, 0.29) is 11.6 Å².